The van der Waals surface area contributed by atoms with Crippen molar-refractivity contribution in [1.82, 2.24) is 15.3 Å². The SMILES string of the molecule is COc1c(Cl)cccc1Nc1c(-c2ccncc2OC[C@@H]2COC(C)(C)CO2)[nH]c2c1C(=O)NC1C[C@H]21. The zero-order valence-electron chi connectivity index (χ0n) is 20.9. The molecule has 6 rings (SSSR count). The van der Waals surface area contributed by atoms with Crippen LogP contribution in [0.2, 0.25) is 5.02 Å². The van der Waals surface area contributed by atoms with E-state index in [4.69, 9.17) is 30.5 Å². The van der Waals surface area contributed by atoms with E-state index in [2.05, 4.69) is 20.6 Å². The molecule has 2 aliphatic heterocycles. The summed E-state index contributed by atoms with van der Waals surface area (Å²) in [6, 6.07) is 7.49. The monoisotopic (exact) mass is 524 g/mol. The van der Waals surface area contributed by atoms with Crippen LogP contribution in [-0.4, -0.2) is 60.6 Å². The minimum atomic E-state index is -0.303. The third kappa shape index (κ3) is 4.52. The van der Waals surface area contributed by atoms with Gasteiger partial charge in [-0.1, -0.05) is 17.7 Å². The fourth-order valence-electron chi connectivity index (χ4n) is 4.93. The van der Waals surface area contributed by atoms with Gasteiger partial charge in [0.2, 0.25) is 0 Å². The molecule has 3 aliphatic rings. The number of rotatable bonds is 7. The molecule has 3 N–H and O–H groups in total. The Kier molecular flexibility index (Phi) is 6.01. The fraction of sp³-hybridized carbons (Fsp3) is 0.407. The average Bonchev–Trinajstić information content (AvgIpc) is 3.55. The summed E-state index contributed by atoms with van der Waals surface area (Å²) in [5, 5.41) is 7.00. The van der Waals surface area contributed by atoms with Crippen LogP contribution in [0, 0.1) is 0 Å². The molecular formula is C27H29ClN4O5. The summed E-state index contributed by atoms with van der Waals surface area (Å²) in [7, 11) is 1.56. The molecule has 3 atom stereocenters. The van der Waals surface area contributed by atoms with E-state index in [0.29, 0.717) is 53.3 Å². The maximum absolute atomic E-state index is 13.2. The lowest BCUT2D eigenvalue weighted by Crippen LogP contribution is -2.44. The minimum Gasteiger partial charge on any atom is -0.493 e. The molecule has 0 radical (unpaired) electrons. The average molecular weight is 525 g/mol. The fourth-order valence-corrected chi connectivity index (χ4v) is 5.18. The van der Waals surface area contributed by atoms with Crippen LogP contribution >= 0.6 is 11.6 Å². The maximum atomic E-state index is 13.2. The van der Waals surface area contributed by atoms with Gasteiger partial charge in [-0.15, -0.1) is 0 Å². The molecule has 1 unspecified atom stereocenters. The van der Waals surface area contributed by atoms with E-state index in [1.165, 1.54) is 0 Å². The highest BCUT2D eigenvalue weighted by atomic mass is 35.5. The van der Waals surface area contributed by atoms with Gasteiger partial charge >= 0.3 is 0 Å². The van der Waals surface area contributed by atoms with Crippen LogP contribution in [0.25, 0.3) is 11.3 Å². The van der Waals surface area contributed by atoms with Gasteiger partial charge in [-0.2, -0.15) is 0 Å². The Morgan fingerprint density at radius 2 is 2.16 bits per heavy atom. The Balaban J connectivity index is 1.37. The summed E-state index contributed by atoms with van der Waals surface area (Å²) in [5.41, 5.74) is 3.99. The van der Waals surface area contributed by atoms with E-state index in [1.54, 1.807) is 25.6 Å². The minimum absolute atomic E-state index is 0.119. The van der Waals surface area contributed by atoms with Gasteiger partial charge in [-0.05, 0) is 38.5 Å². The molecule has 10 heteroatoms. The van der Waals surface area contributed by atoms with Crippen molar-refractivity contribution in [3.05, 3.63) is 52.9 Å². The maximum Gasteiger partial charge on any atom is 0.255 e. The summed E-state index contributed by atoms with van der Waals surface area (Å²) >= 11 is 6.38. The number of carbonyl (C=O) groups excluding carboxylic acids is 1. The van der Waals surface area contributed by atoms with Crippen LogP contribution in [0.5, 0.6) is 11.5 Å². The Bertz CT molecular complexity index is 1350. The highest BCUT2D eigenvalue weighted by molar-refractivity contribution is 6.32. The number of halogens is 1. The van der Waals surface area contributed by atoms with E-state index in [-0.39, 0.29) is 29.6 Å². The summed E-state index contributed by atoms with van der Waals surface area (Å²) in [5.74, 6) is 1.20. The number of benzene rings is 1. The number of aromatic amines is 1. The highest BCUT2D eigenvalue weighted by Crippen LogP contribution is 2.51. The number of carbonyl (C=O) groups is 1. The number of fused-ring (bicyclic) bond motifs is 3. The van der Waals surface area contributed by atoms with Crippen LogP contribution < -0.4 is 20.1 Å². The molecule has 9 nitrogen and oxygen atoms in total. The predicted molar refractivity (Wildman–Crippen MR) is 139 cm³/mol. The number of amides is 1. The number of pyridine rings is 1. The van der Waals surface area contributed by atoms with Crippen molar-refractivity contribution < 1.29 is 23.7 Å². The number of hydrogen-bond acceptors (Lipinski definition) is 7. The molecule has 1 aliphatic carbocycles. The standard InChI is InChI=1S/C27H29ClN4O5/c1-27(2)13-36-14(12-37-27)11-35-20-10-29-8-7-15(20)23-24(30-18-6-4-5-17(28)25(18)34-3)21-22(32-23)16-9-19(16)31-26(21)33/h4-8,10,14,16,19,30,32H,9,11-13H2,1-3H3,(H,31,33)/t14-,16+,19?/m1/s1. The molecule has 1 amide bonds. The number of aromatic nitrogens is 2. The van der Waals surface area contributed by atoms with Crippen LogP contribution in [0.1, 0.15) is 42.2 Å². The van der Waals surface area contributed by atoms with E-state index < -0.39 is 0 Å². The molecule has 1 saturated carbocycles. The first-order valence-corrected chi connectivity index (χ1v) is 12.7. The molecule has 1 aromatic carbocycles. The molecule has 2 fully saturated rings. The summed E-state index contributed by atoms with van der Waals surface area (Å²) in [6.45, 7) is 5.26. The first-order chi connectivity index (χ1) is 17.8. The largest absolute Gasteiger partial charge is 0.493 e. The Morgan fingerprint density at radius 3 is 2.95 bits per heavy atom. The van der Waals surface area contributed by atoms with Crippen molar-refractivity contribution in [2.75, 3.05) is 32.2 Å². The van der Waals surface area contributed by atoms with E-state index in [1.807, 2.05) is 32.0 Å². The second-order valence-electron chi connectivity index (χ2n) is 10.2. The number of hydrogen-bond donors (Lipinski definition) is 3. The number of nitrogens with zero attached hydrogens (tertiary/aromatic N) is 1. The number of methoxy groups -OCH3 is 1. The lowest BCUT2D eigenvalue weighted by atomic mass is 10.0. The lowest BCUT2D eigenvalue weighted by Gasteiger charge is -2.34. The predicted octanol–water partition coefficient (Wildman–Crippen LogP) is 4.65. The van der Waals surface area contributed by atoms with Crippen molar-refractivity contribution in [3.63, 3.8) is 0 Å². The molecular weight excluding hydrogens is 496 g/mol. The van der Waals surface area contributed by atoms with Crippen molar-refractivity contribution in [3.8, 4) is 22.8 Å². The summed E-state index contributed by atoms with van der Waals surface area (Å²) in [6.07, 6.45) is 4.10. The smallest absolute Gasteiger partial charge is 0.255 e. The Hall–Kier alpha value is -3.27. The van der Waals surface area contributed by atoms with Crippen molar-refractivity contribution >= 4 is 28.9 Å². The van der Waals surface area contributed by atoms with E-state index in [0.717, 1.165) is 23.4 Å². The van der Waals surface area contributed by atoms with Crippen molar-refractivity contribution in [2.45, 2.75) is 43.9 Å². The van der Waals surface area contributed by atoms with Crippen LogP contribution in [0.4, 0.5) is 11.4 Å². The van der Waals surface area contributed by atoms with E-state index >= 15 is 0 Å². The molecule has 0 bridgehead atoms. The van der Waals surface area contributed by atoms with Crippen molar-refractivity contribution in [2.24, 2.45) is 0 Å². The van der Waals surface area contributed by atoms with Gasteiger partial charge in [0.25, 0.3) is 5.91 Å². The highest BCUT2D eigenvalue weighted by Gasteiger charge is 2.48. The number of anilines is 2. The number of H-pyrrole nitrogens is 1. The van der Waals surface area contributed by atoms with Crippen LogP contribution in [0.15, 0.2) is 36.7 Å². The lowest BCUT2D eigenvalue weighted by molar-refractivity contribution is -0.181. The number of nitrogens with one attached hydrogen (secondary N) is 3. The topological polar surface area (TPSA) is 107 Å². The zero-order valence-corrected chi connectivity index (χ0v) is 21.6. The molecule has 1 saturated heterocycles. The van der Waals surface area contributed by atoms with Crippen LogP contribution in [-0.2, 0) is 9.47 Å². The molecule has 4 heterocycles. The van der Waals surface area contributed by atoms with Gasteiger partial charge in [0.05, 0.1) is 59.8 Å². The van der Waals surface area contributed by atoms with Gasteiger partial charge in [-0.3, -0.25) is 9.78 Å². The van der Waals surface area contributed by atoms with Gasteiger partial charge in [0, 0.05) is 29.4 Å². The van der Waals surface area contributed by atoms with Crippen molar-refractivity contribution in [1.29, 1.82) is 0 Å². The second kappa shape index (κ2) is 9.24. The van der Waals surface area contributed by atoms with Gasteiger partial charge in [-0.25, -0.2) is 0 Å². The Labute approximate surface area is 219 Å². The van der Waals surface area contributed by atoms with Gasteiger partial charge in [0.1, 0.15) is 18.5 Å². The summed E-state index contributed by atoms with van der Waals surface area (Å²) in [4.78, 5) is 21.0. The third-order valence-electron chi connectivity index (χ3n) is 6.97. The van der Waals surface area contributed by atoms with Gasteiger partial charge < -0.3 is 34.6 Å². The molecule has 3 aromatic rings. The second-order valence-corrected chi connectivity index (χ2v) is 10.6. The zero-order chi connectivity index (χ0) is 25.7. The summed E-state index contributed by atoms with van der Waals surface area (Å²) < 4.78 is 23.6. The molecule has 194 valence electrons. The molecule has 0 spiro atoms. The molecule has 37 heavy (non-hydrogen) atoms. The molecule has 2 aromatic heterocycles. The van der Waals surface area contributed by atoms with Crippen LogP contribution in [0.3, 0.4) is 0 Å². The van der Waals surface area contributed by atoms with E-state index in [9.17, 15) is 4.79 Å². The first-order valence-electron chi connectivity index (χ1n) is 12.3. The van der Waals surface area contributed by atoms with Gasteiger partial charge in [0.15, 0.2) is 5.75 Å². The normalized spacial score (nSPS) is 23.5. The number of para-hydroxylation sites is 1. The Morgan fingerprint density at radius 1 is 1.30 bits per heavy atom. The number of ether oxygens (including phenoxy) is 4. The quantitative estimate of drug-likeness (QED) is 0.413. The third-order valence-corrected chi connectivity index (χ3v) is 7.27. The first kappa shape index (κ1) is 24.1.